The molecule has 1 aromatic rings. The summed E-state index contributed by atoms with van der Waals surface area (Å²) in [5, 5.41) is 9.75. The van der Waals surface area contributed by atoms with Gasteiger partial charge in [0.05, 0.1) is 0 Å². The van der Waals surface area contributed by atoms with Crippen LogP contribution in [0.15, 0.2) is 0 Å². The number of aliphatic carboxylic acids is 1. The summed E-state index contributed by atoms with van der Waals surface area (Å²) in [4.78, 5) is 29.3. The summed E-state index contributed by atoms with van der Waals surface area (Å²) >= 11 is 1.39. The van der Waals surface area contributed by atoms with E-state index in [0.717, 1.165) is 11.3 Å². The fourth-order valence-electron chi connectivity index (χ4n) is 2.08. The Morgan fingerprint density at radius 3 is 2.76 bits per heavy atom. The van der Waals surface area contributed by atoms with Gasteiger partial charge in [-0.05, 0) is 19.8 Å². The van der Waals surface area contributed by atoms with Gasteiger partial charge in [0.25, 0.3) is 0 Å². The van der Waals surface area contributed by atoms with Gasteiger partial charge in [-0.15, -0.1) is 11.3 Å². The van der Waals surface area contributed by atoms with Crippen molar-refractivity contribution in [1.82, 2.24) is 4.98 Å². The second-order valence-electron chi connectivity index (χ2n) is 4.15. The van der Waals surface area contributed by atoms with Crippen molar-refractivity contribution >= 4 is 28.2 Å². The van der Waals surface area contributed by atoms with E-state index in [1.54, 1.807) is 4.90 Å². The number of Topliss-reactive ketones (excluding diaryl/α,β-unsaturated/α-hetero) is 1. The van der Waals surface area contributed by atoms with Gasteiger partial charge in [-0.1, -0.05) is 0 Å². The third-order valence-electron chi connectivity index (χ3n) is 2.90. The lowest BCUT2D eigenvalue weighted by Crippen LogP contribution is -2.35. The quantitative estimate of drug-likeness (QED) is 0.831. The Morgan fingerprint density at radius 1 is 1.53 bits per heavy atom. The Labute approximate surface area is 103 Å². The van der Waals surface area contributed by atoms with Gasteiger partial charge >= 0.3 is 5.97 Å². The third kappa shape index (κ3) is 2.17. The van der Waals surface area contributed by atoms with Gasteiger partial charge in [0.2, 0.25) is 0 Å². The van der Waals surface area contributed by atoms with E-state index < -0.39 is 12.0 Å². The molecular weight excluding hydrogens is 240 g/mol. The smallest absolute Gasteiger partial charge is 0.326 e. The summed E-state index contributed by atoms with van der Waals surface area (Å²) in [6.07, 6.45) is 1.49. The van der Waals surface area contributed by atoms with Gasteiger partial charge < -0.3 is 10.0 Å². The largest absolute Gasteiger partial charge is 0.480 e. The molecule has 1 aliphatic rings. The Kier molecular flexibility index (Phi) is 3.15. The van der Waals surface area contributed by atoms with Crippen molar-refractivity contribution in [2.75, 3.05) is 11.4 Å². The Morgan fingerprint density at radius 2 is 2.24 bits per heavy atom. The van der Waals surface area contributed by atoms with Crippen molar-refractivity contribution in [3.63, 3.8) is 0 Å². The van der Waals surface area contributed by atoms with Crippen LogP contribution in [0.25, 0.3) is 0 Å². The highest BCUT2D eigenvalue weighted by Gasteiger charge is 2.32. The van der Waals surface area contributed by atoms with Crippen LogP contribution < -0.4 is 4.90 Å². The van der Waals surface area contributed by atoms with E-state index in [4.69, 9.17) is 5.11 Å². The van der Waals surface area contributed by atoms with Gasteiger partial charge in [-0.3, -0.25) is 4.79 Å². The number of hydrogen-bond donors (Lipinski definition) is 1. The first kappa shape index (κ1) is 12.0. The monoisotopic (exact) mass is 254 g/mol. The van der Waals surface area contributed by atoms with Crippen LogP contribution in [0.2, 0.25) is 0 Å². The lowest BCUT2D eigenvalue weighted by molar-refractivity contribution is -0.138. The highest BCUT2D eigenvalue weighted by molar-refractivity contribution is 7.15. The van der Waals surface area contributed by atoms with Crippen LogP contribution in [-0.4, -0.2) is 34.4 Å². The molecule has 2 heterocycles. The molecule has 0 radical (unpaired) electrons. The molecule has 1 aliphatic heterocycles. The van der Waals surface area contributed by atoms with Crippen molar-refractivity contribution in [3.8, 4) is 0 Å². The molecule has 92 valence electrons. The summed E-state index contributed by atoms with van der Waals surface area (Å²) in [6.45, 7) is 4.01. The maximum Gasteiger partial charge on any atom is 0.326 e. The molecule has 0 aromatic carbocycles. The lowest BCUT2D eigenvalue weighted by atomic mass is 10.2. The maximum atomic E-state index is 11.3. The number of carboxylic acids is 1. The third-order valence-corrected chi connectivity index (χ3v) is 3.91. The summed E-state index contributed by atoms with van der Waals surface area (Å²) in [5.74, 6) is -0.893. The number of carboxylic acid groups (broad SMARTS) is 1. The standard InChI is InChI=1S/C11H14N2O3S/c1-6(14)9-7(2)17-11(12-9)13-5-3-4-8(13)10(15)16/h8H,3-5H2,1-2H3,(H,15,16)/t8-/m1/s1. The summed E-state index contributed by atoms with van der Waals surface area (Å²) in [5.41, 5.74) is 0.459. The van der Waals surface area contributed by atoms with Crippen LogP contribution in [0.5, 0.6) is 0 Å². The number of carbonyl (C=O) groups excluding carboxylic acids is 1. The zero-order chi connectivity index (χ0) is 12.6. The molecule has 1 N–H and O–H groups in total. The maximum absolute atomic E-state index is 11.3. The van der Waals surface area contributed by atoms with E-state index in [9.17, 15) is 9.59 Å². The fraction of sp³-hybridized carbons (Fsp3) is 0.545. The molecule has 1 saturated heterocycles. The number of anilines is 1. The molecule has 0 amide bonds. The SMILES string of the molecule is CC(=O)c1nc(N2CCC[C@@H]2C(=O)O)sc1C. The van der Waals surface area contributed by atoms with Gasteiger partial charge in [-0.25, -0.2) is 9.78 Å². The van der Waals surface area contributed by atoms with Crippen LogP contribution in [0, 0.1) is 6.92 Å². The lowest BCUT2D eigenvalue weighted by Gasteiger charge is -2.19. The minimum Gasteiger partial charge on any atom is -0.480 e. The van der Waals surface area contributed by atoms with E-state index in [0.29, 0.717) is 23.8 Å². The minimum absolute atomic E-state index is 0.0731. The molecule has 0 saturated carbocycles. The number of ketones is 1. The van der Waals surface area contributed by atoms with Crippen LogP contribution in [0.1, 0.15) is 35.1 Å². The van der Waals surface area contributed by atoms with E-state index in [2.05, 4.69) is 4.98 Å². The zero-order valence-electron chi connectivity index (χ0n) is 9.77. The molecule has 1 fully saturated rings. The Bertz CT molecular complexity index is 469. The summed E-state index contributed by atoms with van der Waals surface area (Å²) < 4.78 is 0. The van der Waals surface area contributed by atoms with Crippen molar-refractivity contribution in [2.24, 2.45) is 0 Å². The molecule has 0 spiro atoms. The average molecular weight is 254 g/mol. The predicted molar refractivity (Wildman–Crippen MR) is 64.9 cm³/mol. The minimum atomic E-state index is -0.820. The van der Waals surface area contributed by atoms with E-state index >= 15 is 0 Å². The Balaban J connectivity index is 2.31. The first-order chi connectivity index (χ1) is 8.00. The average Bonchev–Trinajstić information content (AvgIpc) is 2.82. The molecule has 0 unspecified atom stereocenters. The first-order valence-corrected chi connectivity index (χ1v) is 6.30. The molecule has 5 nitrogen and oxygen atoms in total. The molecule has 1 aromatic heterocycles. The van der Waals surface area contributed by atoms with E-state index in [1.807, 2.05) is 6.92 Å². The number of hydrogen-bond acceptors (Lipinski definition) is 5. The second-order valence-corrected chi connectivity index (χ2v) is 5.33. The topological polar surface area (TPSA) is 70.5 Å². The number of nitrogens with zero attached hydrogens (tertiary/aromatic N) is 2. The van der Waals surface area contributed by atoms with Gasteiger partial charge in [0.1, 0.15) is 11.7 Å². The second kappa shape index (κ2) is 4.44. The van der Waals surface area contributed by atoms with Crippen molar-refractivity contribution in [3.05, 3.63) is 10.6 Å². The van der Waals surface area contributed by atoms with Crippen molar-refractivity contribution in [2.45, 2.75) is 32.7 Å². The van der Waals surface area contributed by atoms with Gasteiger partial charge in [-0.2, -0.15) is 0 Å². The number of aryl methyl sites for hydroxylation is 1. The number of rotatable bonds is 3. The van der Waals surface area contributed by atoms with Crippen LogP contribution in [-0.2, 0) is 4.79 Å². The van der Waals surface area contributed by atoms with E-state index in [-0.39, 0.29) is 5.78 Å². The number of thiazole rings is 1. The molecule has 6 heteroatoms. The zero-order valence-corrected chi connectivity index (χ0v) is 10.6. The molecular formula is C11H14N2O3S. The molecule has 0 aliphatic carbocycles. The first-order valence-electron chi connectivity index (χ1n) is 5.48. The highest BCUT2D eigenvalue weighted by Crippen LogP contribution is 2.31. The van der Waals surface area contributed by atoms with Crippen LogP contribution in [0.3, 0.4) is 0 Å². The van der Waals surface area contributed by atoms with Crippen molar-refractivity contribution in [1.29, 1.82) is 0 Å². The number of carbonyl (C=O) groups is 2. The normalized spacial score (nSPS) is 19.6. The molecule has 0 bridgehead atoms. The fourth-order valence-corrected chi connectivity index (χ4v) is 3.12. The van der Waals surface area contributed by atoms with Crippen LogP contribution in [0.4, 0.5) is 5.13 Å². The Hall–Kier alpha value is -1.43. The van der Waals surface area contributed by atoms with Crippen LogP contribution >= 0.6 is 11.3 Å². The summed E-state index contributed by atoms with van der Waals surface area (Å²) in [6, 6.07) is -0.500. The van der Waals surface area contributed by atoms with Crippen molar-refractivity contribution < 1.29 is 14.7 Å². The molecule has 1 atom stereocenters. The summed E-state index contributed by atoms with van der Waals surface area (Å²) in [7, 11) is 0. The predicted octanol–water partition coefficient (Wildman–Crippen LogP) is 1.71. The van der Waals surface area contributed by atoms with Gasteiger partial charge in [0, 0.05) is 18.3 Å². The highest BCUT2D eigenvalue weighted by atomic mass is 32.1. The van der Waals surface area contributed by atoms with E-state index in [1.165, 1.54) is 18.3 Å². The molecule has 17 heavy (non-hydrogen) atoms. The van der Waals surface area contributed by atoms with Gasteiger partial charge in [0.15, 0.2) is 10.9 Å². The molecule has 2 rings (SSSR count). The number of aromatic nitrogens is 1.